The number of hydrogen-bond acceptors (Lipinski definition) is 3. The number of halogens is 1. The van der Waals surface area contributed by atoms with Crippen molar-refractivity contribution < 1.29 is 9.90 Å². The van der Waals surface area contributed by atoms with Gasteiger partial charge in [0.25, 0.3) is 0 Å². The molecule has 1 aliphatic rings. The van der Waals surface area contributed by atoms with Gasteiger partial charge in [0, 0.05) is 17.8 Å². The summed E-state index contributed by atoms with van der Waals surface area (Å²) in [5, 5.41) is 9.96. The summed E-state index contributed by atoms with van der Waals surface area (Å²) in [5.74, 6) is 0. The van der Waals surface area contributed by atoms with Crippen LogP contribution in [-0.2, 0) is 0 Å². The van der Waals surface area contributed by atoms with Crippen molar-refractivity contribution in [2.45, 2.75) is 31.7 Å². The lowest BCUT2D eigenvalue weighted by atomic mass is 10.1. The standard InChI is InChI=1S/C14H18ClNO2/c15-14-8-12(6-5-11(14)9-17)16-7-3-1-2-4-13(16)10-18/h5-6,8-9,13,18H,1-4,7,10H2. The lowest BCUT2D eigenvalue weighted by Gasteiger charge is -2.31. The van der Waals surface area contributed by atoms with Gasteiger partial charge >= 0.3 is 0 Å². The van der Waals surface area contributed by atoms with Crippen molar-refractivity contribution in [1.29, 1.82) is 0 Å². The predicted octanol–water partition coefficient (Wildman–Crippen LogP) is 2.89. The average Bonchev–Trinajstić information content (AvgIpc) is 2.63. The Labute approximate surface area is 112 Å². The van der Waals surface area contributed by atoms with Crippen LogP contribution in [0.4, 0.5) is 5.69 Å². The molecule has 4 heteroatoms. The van der Waals surface area contributed by atoms with Crippen LogP contribution in [0.3, 0.4) is 0 Å². The number of hydrogen-bond donors (Lipinski definition) is 1. The van der Waals surface area contributed by atoms with E-state index in [9.17, 15) is 9.90 Å². The molecule has 2 rings (SSSR count). The highest BCUT2D eigenvalue weighted by Gasteiger charge is 2.21. The minimum absolute atomic E-state index is 0.158. The second-order valence-corrected chi connectivity index (χ2v) is 5.11. The summed E-state index contributed by atoms with van der Waals surface area (Å²) in [6.07, 6.45) is 5.25. The molecule has 0 saturated carbocycles. The zero-order valence-corrected chi connectivity index (χ0v) is 11.1. The van der Waals surface area contributed by atoms with Gasteiger partial charge in [0.1, 0.15) is 0 Å². The van der Waals surface area contributed by atoms with Crippen molar-refractivity contribution in [3.05, 3.63) is 28.8 Å². The van der Waals surface area contributed by atoms with Gasteiger partial charge in [0.15, 0.2) is 6.29 Å². The molecule has 1 heterocycles. The molecule has 1 atom stereocenters. The first-order valence-corrected chi connectivity index (χ1v) is 6.76. The Balaban J connectivity index is 2.27. The number of nitrogens with zero attached hydrogens (tertiary/aromatic N) is 1. The second kappa shape index (κ2) is 6.21. The number of aldehydes is 1. The second-order valence-electron chi connectivity index (χ2n) is 4.70. The van der Waals surface area contributed by atoms with Gasteiger partial charge in [0.2, 0.25) is 0 Å². The number of anilines is 1. The molecule has 98 valence electrons. The average molecular weight is 268 g/mol. The first-order valence-electron chi connectivity index (χ1n) is 6.38. The molecule has 1 unspecified atom stereocenters. The maximum absolute atomic E-state index is 10.8. The molecular weight excluding hydrogens is 250 g/mol. The summed E-state index contributed by atoms with van der Waals surface area (Å²) < 4.78 is 0. The molecule has 1 aromatic rings. The summed E-state index contributed by atoms with van der Waals surface area (Å²) >= 11 is 6.06. The van der Waals surface area contributed by atoms with Crippen LogP contribution in [0.5, 0.6) is 0 Å². The molecule has 0 amide bonds. The smallest absolute Gasteiger partial charge is 0.151 e. The number of carbonyl (C=O) groups excluding carboxylic acids is 1. The largest absolute Gasteiger partial charge is 0.394 e. The number of rotatable bonds is 3. The van der Waals surface area contributed by atoms with Crippen LogP contribution in [0, 0.1) is 0 Å². The quantitative estimate of drug-likeness (QED) is 0.856. The maximum Gasteiger partial charge on any atom is 0.151 e. The fraction of sp³-hybridized carbons (Fsp3) is 0.500. The highest BCUT2D eigenvalue weighted by molar-refractivity contribution is 6.33. The molecule has 0 radical (unpaired) electrons. The molecule has 3 nitrogen and oxygen atoms in total. The Morgan fingerprint density at radius 3 is 2.89 bits per heavy atom. The van der Waals surface area contributed by atoms with Gasteiger partial charge < -0.3 is 10.0 Å². The van der Waals surface area contributed by atoms with E-state index in [4.69, 9.17) is 11.6 Å². The molecule has 1 N–H and O–H groups in total. The van der Waals surface area contributed by atoms with Crippen molar-refractivity contribution in [3.63, 3.8) is 0 Å². The minimum Gasteiger partial charge on any atom is -0.394 e. The van der Waals surface area contributed by atoms with E-state index < -0.39 is 0 Å². The zero-order chi connectivity index (χ0) is 13.0. The van der Waals surface area contributed by atoms with Crippen LogP contribution in [-0.4, -0.2) is 30.6 Å². The molecule has 1 aromatic carbocycles. The van der Waals surface area contributed by atoms with E-state index in [0.717, 1.165) is 37.8 Å². The van der Waals surface area contributed by atoms with E-state index >= 15 is 0 Å². The lowest BCUT2D eigenvalue weighted by molar-refractivity contribution is 0.112. The summed E-state index contributed by atoms with van der Waals surface area (Å²) in [7, 11) is 0. The first kappa shape index (κ1) is 13.4. The number of aliphatic hydroxyl groups excluding tert-OH is 1. The maximum atomic E-state index is 10.8. The summed E-state index contributed by atoms with van der Waals surface area (Å²) in [6.45, 7) is 1.09. The van der Waals surface area contributed by atoms with E-state index in [0.29, 0.717) is 10.6 Å². The molecule has 1 saturated heterocycles. The predicted molar refractivity (Wildman–Crippen MR) is 73.5 cm³/mol. The highest BCUT2D eigenvalue weighted by Crippen LogP contribution is 2.27. The van der Waals surface area contributed by atoms with E-state index in [2.05, 4.69) is 4.90 Å². The van der Waals surface area contributed by atoms with Crippen LogP contribution >= 0.6 is 11.6 Å². The van der Waals surface area contributed by atoms with E-state index in [1.807, 2.05) is 12.1 Å². The van der Waals surface area contributed by atoms with Crippen molar-refractivity contribution in [1.82, 2.24) is 0 Å². The van der Waals surface area contributed by atoms with Crippen LogP contribution < -0.4 is 4.90 Å². The van der Waals surface area contributed by atoms with Crippen LogP contribution in [0.25, 0.3) is 0 Å². The Kier molecular flexibility index (Phi) is 4.61. The fourth-order valence-corrected chi connectivity index (χ4v) is 2.72. The molecule has 0 bridgehead atoms. The third-order valence-electron chi connectivity index (χ3n) is 3.53. The molecular formula is C14H18ClNO2. The molecule has 1 fully saturated rings. The Morgan fingerprint density at radius 2 is 2.22 bits per heavy atom. The Hall–Kier alpha value is -1.06. The molecule has 0 aromatic heterocycles. The Bertz CT molecular complexity index is 422. The van der Waals surface area contributed by atoms with E-state index in [-0.39, 0.29) is 12.6 Å². The van der Waals surface area contributed by atoms with Gasteiger partial charge in [0.05, 0.1) is 17.7 Å². The third-order valence-corrected chi connectivity index (χ3v) is 3.86. The number of aliphatic hydroxyl groups is 1. The topological polar surface area (TPSA) is 40.5 Å². The van der Waals surface area contributed by atoms with Gasteiger partial charge in [-0.05, 0) is 31.0 Å². The SMILES string of the molecule is O=Cc1ccc(N2CCCCCC2CO)cc1Cl. The third kappa shape index (κ3) is 2.85. The van der Waals surface area contributed by atoms with Crippen LogP contribution in [0.15, 0.2) is 18.2 Å². The summed E-state index contributed by atoms with van der Waals surface area (Å²) in [4.78, 5) is 13.0. The van der Waals surface area contributed by atoms with Crippen molar-refractivity contribution in [3.8, 4) is 0 Å². The summed E-state index contributed by atoms with van der Waals surface area (Å²) in [6, 6.07) is 5.62. The highest BCUT2D eigenvalue weighted by atomic mass is 35.5. The van der Waals surface area contributed by atoms with Gasteiger partial charge in [-0.1, -0.05) is 24.4 Å². The summed E-state index contributed by atoms with van der Waals surface area (Å²) in [5.41, 5.74) is 1.50. The van der Waals surface area contributed by atoms with Crippen LogP contribution in [0.1, 0.15) is 36.0 Å². The van der Waals surface area contributed by atoms with Crippen molar-refractivity contribution in [2.75, 3.05) is 18.1 Å². The van der Waals surface area contributed by atoms with E-state index in [1.165, 1.54) is 6.42 Å². The number of benzene rings is 1. The minimum atomic E-state index is 0.158. The van der Waals surface area contributed by atoms with Crippen LogP contribution in [0.2, 0.25) is 5.02 Å². The molecule has 1 aliphatic heterocycles. The van der Waals surface area contributed by atoms with Gasteiger partial charge in [-0.2, -0.15) is 0 Å². The molecule has 18 heavy (non-hydrogen) atoms. The monoisotopic (exact) mass is 267 g/mol. The normalized spacial score (nSPS) is 20.6. The zero-order valence-electron chi connectivity index (χ0n) is 10.3. The molecule has 0 spiro atoms. The van der Waals surface area contributed by atoms with Gasteiger partial charge in [-0.25, -0.2) is 0 Å². The fourth-order valence-electron chi connectivity index (χ4n) is 2.50. The molecule has 0 aliphatic carbocycles. The van der Waals surface area contributed by atoms with Gasteiger partial charge in [-0.3, -0.25) is 4.79 Å². The Morgan fingerprint density at radius 1 is 1.39 bits per heavy atom. The van der Waals surface area contributed by atoms with Gasteiger partial charge in [-0.15, -0.1) is 0 Å². The number of carbonyl (C=O) groups is 1. The first-order chi connectivity index (χ1) is 8.76. The lowest BCUT2D eigenvalue weighted by Crippen LogP contribution is -2.37. The van der Waals surface area contributed by atoms with E-state index in [1.54, 1.807) is 6.07 Å². The van der Waals surface area contributed by atoms with Crippen molar-refractivity contribution >= 4 is 23.6 Å². The van der Waals surface area contributed by atoms with Crippen molar-refractivity contribution in [2.24, 2.45) is 0 Å².